The van der Waals surface area contributed by atoms with Crippen LogP contribution in [0.3, 0.4) is 0 Å². The van der Waals surface area contributed by atoms with Gasteiger partial charge in [0.2, 0.25) is 0 Å². The Labute approximate surface area is 147 Å². The van der Waals surface area contributed by atoms with Gasteiger partial charge in [-0.3, -0.25) is 0 Å². The third kappa shape index (κ3) is 0.816. The molecule has 13 aliphatic carbocycles. The van der Waals surface area contributed by atoms with Crippen LogP contribution >= 0.6 is 15.9 Å². The molecule has 0 radical (unpaired) electrons. The number of alkyl halides is 1. The predicted octanol–water partition coefficient (Wildman–Crippen LogP) is 5.26. The van der Waals surface area contributed by atoms with Gasteiger partial charge in [-0.05, 0) is 127 Å². The quantitative estimate of drug-likeness (QED) is 0.510. The zero-order chi connectivity index (χ0) is 14.6. The lowest BCUT2D eigenvalue weighted by atomic mass is 9.11. The zero-order valence-electron chi connectivity index (χ0n) is 13.9. The third-order valence-corrected chi connectivity index (χ3v) is 13.6. The molecule has 0 heterocycles. The molecule has 0 aromatic rings. The van der Waals surface area contributed by atoms with E-state index in [-0.39, 0.29) is 0 Å². The van der Waals surface area contributed by atoms with E-state index >= 15 is 0 Å². The fraction of sp³-hybridized carbons (Fsp3) is 1.00. The van der Waals surface area contributed by atoms with E-state index in [0.717, 1.165) is 57.7 Å². The van der Waals surface area contributed by atoms with Crippen LogP contribution in [0.4, 0.5) is 0 Å². The fourth-order valence-corrected chi connectivity index (χ4v) is 16.3. The topological polar surface area (TPSA) is 0 Å². The van der Waals surface area contributed by atoms with Gasteiger partial charge in [-0.2, -0.15) is 0 Å². The van der Waals surface area contributed by atoms with Gasteiger partial charge in [0.05, 0.1) is 0 Å². The predicted molar refractivity (Wildman–Crippen MR) is 91.9 cm³/mol. The van der Waals surface area contributed by atoms with E-state index in [9.17, 15) is 0 Å². The summed E-state index contributed by atoms with van der Waals surface area (Å²) in [6.45, 7) is 0. The summed E-state index contributed by atoms with van der Waals surface area (Å²) in [4.78, 5) is 0. The minimum Gasteiger partial charge on any atom is -0.0847 e. The zero-order valence-corrected chi connectivity index (χ0v) is 15.5. The fourth-order valence-electron chi connectivity index (χ4n) is 14.3. The standard InChI is InChI=1S/C22H27Br/c23-22-9-12-7-20-5-10-1-13(16(20)22)15-14-2-11-4-19(15,3-10)18(20)21(6-11,8-12)17(14)22/h10-18H,1-9H2. The van der Waals surface area contributed by atoms with Gasteiger partial charge in [0.1, 0.15) is 0 Å². The van der Waals surface area contributed by atoms with Crippen molar-refractivity contribution in [2.24, 2.45) is 69.5 Å². The number of rotatable bonds is 0. The number of hydrogen-bond donors (Lipinski definition) is 0. The van der Waals surface area contributed by atoms with Gasteiger partial charge in [0.15, 0.2) is 0 Å². The molecule has 0 N–H and O–H groups in total. The van der Waals surface area contributed by atoms with Crippen molar-refractivity contribution in [3.8, 4) is 0 Å². The van der Waals surface area contributed by atoms with Crippen LogP contribution in [-0.4, -0.2) is 4.32 Å². The molecule has 8 unspecified atom stereocenters. The number of hydrogen-bond acceptors (Lipinski definition) is 0. The highest BCUT2D eigenvalue weighted by molar-refractivity contribution is 9.10. The average Bonchev–Trinajstić information content (AvgIpc) is 2.40. The molecule has 0 aliphatic heterocycles. The lowest BCUT2D eigenvalue weighted by Gasteiger charge is -2.95. The minimum atomic E-state index is 0.618. The molecule has 13 bridgehead atoms. The second kappa shape index (κ2) is 2.84. The van der Waals surface area contributed by atoms with Gasteiger partial charge in [-0.15, -0.1) is 0 Å². The lowest BCUT2D eigenvalue weighted by molar-refractivity contribution is -0.449. The van der Waals surface area contributed by atoms with Crippen molar-refractivity contribution >= 4 is 15.9 Å². The van der Waals surface area contributed by atoms with Gasteiger partial charge < -0.3 is 0 Å². The molecule has 8 atom stereocenters. The van der Waals surface area contributed by atoms with Crippen LogP contribution in [0.15, 0.2) is 0 Å². The van der Waals surface area contributed by atoms with E-state index < -0.39 is 0 Å². The van der Waals surface area contributed by atoms with Crippen LogP contribution in [0.2, 0.25) is 0 Å². The van der Waals surface area contributed by atoms with Crippen LogP contribution in [0.25, 0.3) is 0 Å². The largest absolute Gasteiger partial charge is 0.0847 e. The van der Waals surface area contributed by atoms with Crippen LogP contribution in [0, 0.1) is 69.5 Å². The second-order valence-corrected chi connectivity index (χ2v) is 13.8. The first-order chi connectivity index (χ1) is 11.1. The Kier molecular flexibility index (Phi) is 1.48. The van der Waals surface area contributed by atoms with Crippen LogP contribution in [0.5, 0.6) is 0 Å². The van der Waals surface area contributed by atoms with E-state index in [1.807, 2.05) is 0 Å². The van der Waals surface area contributed by atoms with E-state index in [1.54, 1.807) is 57.8 Å². The molecule has 0 saturated heterocycles. The first-order valence-electron chi connectivity index (χ1n) is 10.8. The molecule has 0 nitrogen and oxygen atoms in total. The summed E-state index contributed by atoms with van der Waals surface area (Å²) in [6, 6.07) is 0. The maximum atomic E-state index is 4.62. The molecule has 122 valence electrons. The normalized spacial score (nSPS) is 85.2. The highest BCUT2D eigenvalue weighted by Gasteiger charge is 2.92. The van der Waals surface area contributed by atoms with Crippen molar-refractivity contribution < 1.29 is 0 Å². The van der Waals surface area contributed by atoms with Gasteiger partial charge >= 0.3 is 0 Å². The van der Waals surface area contributed by atoms with E-state index in [1.165, 1.54) is 11.8 Å². The van der Waals surface area contributed by atoms with Gasteiger partial charge in [0.25, 0.3) is 0 Å². The first-order valence-corrected chi connectivity index (χ1v) is 11.6. The minimum absolute atomic E-state index is 0.618. The maximum Gasteiger partial charge on any atom is 0.0333 e. The van der Waals surface area contributed by atoms with E-state index in [4.69, 9.17) is 0 Å². The van der Waals surface area contributed by atoms with Gasteiger partial charge in [-0.25, -0.2) is 0 Å². The summed E-state index contributed by atoms with van der Waals surface area (Å²) >= 11 is 4.62. The molecular formula is C22H27Br. The molecule has 13 fully saturated rings. The molecule has 3 spiro atoms. The Morgan fingerprint density at radius 1 is 0.609 bits per heavy atom. The van der Waals surface area contributed by atoms with Gasteiger partial charge in [-0.1, -0.05) is 15.9 Å². The van der Waals surface area contributed by atoms with E-state index in [2.05, 4.69) is 15.9 Å². The molecule has 0 aromatic carbocycles. The van der Waals surface area contributed by atoms with Crippen molar-refractivity contribution in [3.63, 3.8) is 0 Å². The highest BCUT2D eigenvalue weighted by Crippen LogP contribution is 2.97. The van der Waals surface area contributed by atoms with Crippen LogP contribution in [0.1, 0.15) is 57.8 Å². The summed E-state index contributed by atoms with van der Waals surface area (Å²) in [5.74, 6) is 10.4. The summed E-state index contributed by atoms with van der Waals surface area (Å²) in [5, 5.41) is 0. The van der Waals surface area contributed by atoms with Crippen LogP contribution < -0.4 is 0 Å². The van der Waals surface area contributed by atoms with Gasteiger partial charge in [0, 0.05) is 4.32 Å². The van der Waals surface area contributed by atoms with Crippen LogP contribution in [-0.2, 0) is 0 Å². The Morgan fingerprint density at radius 2 is 1.13 bits per heavy atom. The lowest BCUT2D eigenvalue weighted by Crippen LogP contribution is -2.91. The smallest absolute Gasteiger partial charge is 0.0333 e. The molecule has 13 saturated carbocycles. The Bertz CT molecular complexity index is 655. The van der Waals surface area contributed by atoms with Crippen molar-refractivity contribution in [2.75, 3.05) is 0 Å². The average molecular weight is 371 g/mol. The highest BCUT2D eigenvalue weighted by atomic mass is 79.9. The summed E-state index contributed by atoms with van der Waals surface area (Å²) in [7, 11) is 0. The van der Waals surface area contributed by atoms with E-state index in [0.29, 0.717) is 4.32 Å². The molecule has 23 heavy (non-hydrogen) atoms. The molecule has 0 amide bonds. The molecule has 13 rings (SSSR count). The molecular weight excluding hydrogens is 344 g/mol. The van der Waals surface area contributed by atoms with Crippen molar-refractivity contribution in [1.82, 2.24) is 0 Å². The Morgan fingerprint density at radius 3 is 1.74 bits per heavy atom. The molecule has 13 aliphatic rings. The number of halogens is 1. The second-order valence-electron chi connectivity index (χ2n) is 12.4. The van der Waals surface area contributed by atoms with Crippen molar-refractivity contribution in [1.29, 1.82) is 0 Å². The molecule has 1 heteroatoms. The maximum absolute atomic E-state index is 4.62. The summed E-state index contributed by atoms with van der Waals surface area (Å²) in [5.41, 5.74) is 2.58. The summed E-state index contributed by atoms with van der Waals surface area (Å²) < 4.78 is 0.618. The Hall–Kier alpha value is 0.480. The van der Waals surface area contributed by atoms with Crippen molar-refractivity contribution in [3.05, 3.63) is 0 Å². The SMILES string of the molecule is BrC12CC3CC45CC6CC(C7C8CC9CC7(C6)C4C(C9)(C3)C81)C25. The third-order valence-electron chi connectivity index (χ3n) is 12.3. The van der Waals surface area contributed by atoms with Crippen molar-refractivity contribution in [2.45, 2.75) is 62.1 Å². The first kappa shape index (κ1) is 12.0. The Balaban J connectivity index is 1.49. The summed E-state index contributed by atoms with van der Waals surface area (Å²) in [6.07, 6.45) is 15.0. The monoisotopic (exact) mass is 370 g/mol. The molecule has 0 aromatic heterocycles.